The third-order valence-electron chi connectivity index (χ3n) is 7.69. The number of aryl methyl sites for hydroxylation is 1. The standard InChI is InChI=1S/C33H34N2O10/c1-17-22(42-31-25(37)27(44-32(34)40)28(41-4)33(2,3)45-31)14-13-21-24(36)23(30(39)43-26(17)21)35-29(38)20-12-8-11-19(16-20)15-18-9-6-5-7-10-18/h5-14,16,25,27-28,31,36-37H,15H2,1-4H3,(H2,34,40)(H,35,38)/t25-,27+,28-,31-/m1/s1. The van der Waals surface area contributed by atoms with Crippen molar-refractivity contribution in [3.63, 3.8) is 0 Å². The average molecular weight is 619 g/mol. The minimum absolute atomic E-state index is 0.0119. The third kappa shape index (κ3) is 6.48. The third-order valence-corrected chi connectivity index (χ3v) is 7.69. The Balaban J connectivity index is 1.39. The van der Waals surface area contributed by atoms with Gasteiger partial charge in [-0.3, -0.25) is 4.79 Å². The number of hydrogen-bond acceptors (Lipinski definition) is 10. The Hall–Kier alpha value is -4.91. The second kappa shape index (κ2) is 12.6. The number of aliphatic hydroxyl groups excluding tert-OH is 1. The van der Waals surface area contributed by atoms with Crippen LogP contribution in [0.5, 0.6) is 11.5 Å². The molecule has 1 saturated heterocycles. The number of amides is 2. The molecule has 0 saturated carbocycles. The molecule has 12 nitrogen and oxygen atoms in total. The molecule has 5 N–H and O–H groups in total. The predicted molar refractivity (Wildman–Crippen MR) is 163 cm³/mol. The van der Waals surface area contributed by atoms with Crippen LogP contribution in [-0.2, 0) is 20.6 Å². The first-order chi connectivity index (χ1) is 21.4. The highest BCUT2D eigenvalue weighted by molar-refractivity contribution is 6.06. The number of aromatic hydroxyl groups is 1. The zero-order valence-electron chi connectivity index (χ0n) is 25.1. The number of fused-ring (bicyclic) bond motifs is 1. The van der Waals surface area contributed by atoms with Crippen molar-refractivity contribution in [2.45, 2.75) is 57.4 Å². The van der Waals surface area contributed by atoms with E-state index in [1.807, 2.05) is 36.4 Å². The van der Waals surface area contributed by atoms with E-state index in [2.05, 4.69) is 5.32 Å². The van der Waals surface area contributed by atoms with Crippen LogP contribution in [0.15, 0.2) is 75.9 Å². The van der Waals surface area contributed by atoms with E-state index in [4.69, 9.17) is 29.1 Å². The lowest BCUT2D eigenvalue weighted by Crippen LogP contribution is -2.65. The summed E-state index contributed by atoms with van der Waals surface area (Å²) in [5, 5.41) is 24.6. The van der Waals surface area contributed by atoms with Crippen molar-refractivity contribution in [1.82, 2.24) is 0 Å². The second-order valence-corrected chi connectivity index (χ2v) is 11.3. The van der Waals surface area contributed by atoms with Crippen LogP contribution in [0, 0.1) is 6.92 Å². The molecule has 0 spiro atoms. The van der Waals surface area contributed by atoms with Crippen molar-refractivity contribution in [3.05, 3.63) is 99.4 Å². The van der Waals surface area contributed by atoms with Gasteiger partial charge in [-0.1, -0.05) is 42.5 Å². The lowest BCUT2D eigenvalue weighted by Gasteiger charge is -2.47. The zero-order chi connectivity index (χ0) is 32.5. The maximum Gasteiger partial charge on any atom is 0.404 e. The molecule has 0 unspecified atom stereocenters. The maximum absolute atomic E-state index is 13.1. The molecule has 2 heterocycles. The van der Waals surface area contributed by atoms with Crippen molar-refractivity contribution in [1.29, 1.82) is 0 Å². The van der Waals surface area contributed by atoms with Gasteiger partial charge in [0.1, 0.15) is 17.4 Å². The maximum atomic E-state index is 13.1. The Labute approximate surface area is 258 Å². The first kappa shape index (κ1) is 31.5. The smallest absolute Gasteiger partial charge is 0.404 e. The van der Waals surface area contributed by atoms with Gasteiger partial charge in [0.25, 0.3) is 5.91 Å². The van der Waals surface area contributed by atoms with Crippen molar-refractivity contribution < 1.29 is 43.2 Å². The van der Waals surface area contributed by atoms with Crippen LogP contribution in [0.3, 0.4) is 0 Å². The number of nitrogens with two attached hydrogens (primary N) is 1. The highest BCUT2D eigenvalue weighted by Crippen LogP contribution is 2.38. The summed E-state index contributed by atoms with van der Waals surface area (Å²) in [4.78, 5) is 37.7. The number of hydrogen-bond donors (Lipinski definition) is 4. The summed E-state index contributed by atoms with van der Waals surface area (Å²) in [6.45, 7) is 4.91. The van der Waals surface area contributed by atoms with Crippen LogP contribution in [0.25, 0.3) is 11.0 Å². The Kier molecular flexibility index (Phi) is 8.82. The number of carbonyl (C=O) groups excluding carboxylic acids is 2. The molecule has 12 heteroatoms. The van der Waals surface area contributed by atoms with Gasteiger partial charge >= 0.3 is 11.7 Å². The van der Waals surface area contributed by atoms with Crippen LogP contribution in [0.4, 0.5) is 10.5 Å². The Bertz CT molecular complexity index is 1790. The summed E-state index contributed by atoms with van der Waals surface area (Å²) in [5.74, 6) is -0.945. The second-order valence-electron chi connectivity index (χ2n) is 11.3. The lowest BCUT2D eigenvalue weighted by atomic mass is 9.89. The normalized spacial score (nSPS) is 20.8. The topological polar surface area (TPSA) is 180 Å². The predicted octanol–water partition coefficient (Wildman–Crippen LogP) is 4.00. The molecular formula is C33H34N2O10. The van der Waals surface area contributed by atoms with Gasteiger partial charge in [0, 0.05) is 18.2 Å². The van der Waals surface area contributed by atoms with Gasteiger partial charge in [0.05, 0.1) is 11.0 Å². The molecule has 3 aromatic carbocycles. The molecule has 45 heavy (non-hydrogen) atoms. The summed E-state index contributed by atoms with van der Waals surface area (Å²) < 4.78 is 28.0. The largest absolute Gasteiger partial charge is 0.505 e. The summed E-state index contributed by atoms with van der Waals surface area (Å²) in [6.07, 6.45) is -5.43. The first-order valence-corrected chi connectivity index (χ1v) is 14.1. The van der Waals surface area contributed by atoms with Crippen LogP contribution < -0.4 is 21.4 Å². The van der Waals surface area contributed by atoms with E-state index >= 15 is 0 Å². The van der Waals surface area contributed by atoms with Crippen molar-refractivity contribution in [3.8, 4) is 11.5 Å². The summed E-state index contributed by atoms with van der Waals surface area (Å²) >= 11 is 0. The molecule has 1 aromatic heterocycles. The summed E-state index contributed by atoms with van der Waals surface area (Å²) in [5.41, 5.74) is 5.28. The number of nitrogens with one attached hydrogen (secondary N) is 1. The van der Waals surface area contributed by atoms with Crippen molar-refractivity contribution in [2.24, 2.45) is 5.73 Å². The number of primary amides is 1. The number of ether oxygens (including phenoxy) is 4. The van der Waals surface area contributed by atoms with Crippen molar-refractivity contribution >= 4 is 28.7 Å². The van der Waals surface area contributed by atoms with Crippen LogP contribution in [-0.4, -0.2) is 59.5 Å². The molecule has 5 rings (SSSR count). The fourth-order valence-electron chi connectivity index (χ4n) is 5.51. The number of methoxy groups -OCH3 is 1. The fourth-order valence-corrected chi connectivity index (χ4v) is 5.51. The van der Waals surface area contributed by atoms with E-state index < -0.39 is 59.3 Å². The van der Waals surface area contributed by atoms with E-state index in [0.717, 1.165) is 11.1 Å². The number of rotatable bonds is 8. The molecule has 0 radical (unpaired) electrons. The van der Waals surface area contributed by atoms with Crippen LogP contribution in [0.2, 0.25) is 0 Å². The number of benzene rings is 3. The molecule has 0 bridgehead atoms. The Morgan fingerprint density at radius 1 is 1.04 bits per heavy atom. The van der Waals surface area contributed by atoms with Gasteiger partial charge in [0.15, 0.2) is 23.6 Å². The molecule has 4 aromatic rings. The number of aliphatic hydroxyl groups is 1. The van der Waals surface area contributed by atoms with Crippen LogP contribution in [0.1, 0.15) is 40.9 Å². The van der Waals surface area contributed by atoms with Crippen LogP contribution >= 0.6 is 0 Å². The van der Waals surface area contributed by atoms with Gasteiger partial charge in [-0.15, -0.1) is 0 Å². The number of carbonyl (C=O) groups is 2. The van der Waals surface area contributed by atoms with E-state index in [9.17, 15) is 24.6 Å². The fraction of sp³-hybridized carbons (Fsp3) is 0.303. The van der Waals surface area contributed by atoms with E-state index in [0.29, 0.717) is 17.5 Å². The minimum Gasteiger partial charge on any atom is -0.505 e. The molecule has 4 atom stereocenters. The molecule has 1 aliphatic heterocycles. The quantitative estimate of drug-likeness (QED) is 0.211. The zero-order valence-corrected chi connectivity index (χ0v) is 25.1. The van der Waals surface area contributed by atoms with Gasteiger partial charge in [-0.2, -0.15) is 0 Å². The highest BCUT2D eigenvalue weighted by atomic mass is 16.7. The van der Waals surface area contributed by atoms with E-state index in [-0.39, 0.29) is 16.7 Å². The number of anilines is 1. The Morgan fingerprint density at radius 3 is 2.44 bits per heavy atom. The molecule has 0 aliphatic carbocycles. The summed E-state index contributed by atoms with van der Waals surface area (Å²) in [7, 11) is 1.38. The van der Waals surface area contributed by atoms with E-state index in [1.165, 1.54) is 19.2 Å². The molecule has 2 amide bonds. The summed E-state index contributed by atoms with van der Waals surface area (Å²) in [6, 6.07) is 19.6. The molecular weight excluding hydrogens is 584 g/mol. The molecule has 236 valence electrons. The minimum atomic E-state index is -1.50. The van der Waals surface area contributed by atoms with Gasteiger partial charge in [-0.05, 0) is 62.6 Å². The monoisotopic (exact) mass is 618 g/mol. The molecule has 1 fully saturated rings. The lowest BCUT2D eigenvalue weighted by molar-refractivity contribution is -0.304. The highest BCUT2D eigenvalue weighted by Gasteiger charge is 2.53. The van der Waals surface area contributed by atoms with Crippen molar-refractivity contribution in [2.75, 3.05) is 12.4 Å². The Morgan fingerprint density at radius 2 is 1.76 bits per heavy atom. The molecule has 1 aliphatic rings. The average Bonchev–Trinajstić information content (AvgIpc) is 2.99. The van der Waals surface area contributed by atoms with Gasteiger partial charge < -0.3 is 44.6 Å². The first-order valence-electron chi connectivity index (χ1n) is 14.1. The van der Waals surface area contributed by atoms with E-state index in [1.54, 1.807) is 39.0 Å². The van der Waals surface area contributed by atoms with Gasteiger partial charge in [-0.25, -0.2) is 9.59 Å². The SMILES string of the molecule is CO[C@@H]1[C@@H](OC(N)=O)[C@@H](O)[C@H](Oc2ccc3c(O)c(NC(=O)c4cccc(Cc5ccccc5)c4)c(=O)oc3c2C)OC1(C)C. The van der Waals surface area contributed by atoms with Gasteiger partial charge in [0.2, 0.25) is 6.29 Å².